The molecule has 10 heteroatoms. The third kappa shape index (κ3) is 3.41. The van der Waals surface area contributed by atoms with Crippen LogP contribution in [0.2, 0.25) is 0 Å². The van der Waals surface area contributed by atoms with Crippen LogP contribution in [0.25, 0.3) is 10.9 Å². The van der Waals surface area contributed by atoms with Crippen LogP contribution in [-0.4, -0.2) is 51.7 Å². The SMILES string of the molecule is CC[C@@H](NC(=O)c1cc2cc(C(C)(F)F)ncc2[nH]1)C(=O)N1CCC2(C1)CC2(F)F. The Balaban J connectivity index is 1.46. The molecule has 1 unspecified atom stereocenters. The van der Waals surface area contributed by atoms with Gasteiger partial charge in [-0.3, -0.25) is 14.6 Å². The number of rotatable bonds is 5. The molecular weight excluding hydrogens is 404 g/mol. The van der Waals surface area contributed by atoms with Crippen molar-refractivity contribution in [3.63, 3.8) is 0 Å². The van der Waals surface area contributed by atoms with Crippen molar-refractivity contribution in [2.75, 3.05) is 13.1 Å². The van der Waals surface area contributed by atoms with Gasteiger partial charge in [-0.25, -0.2) is 8.78 Å². The summed E-state index contributed by atoms with van der Waals surface area (Å²) in [5.74, 6) is -6.81. The van der Waals surface area contributed by atoms with E-state index in [1.165, 1.54) is 23.2 Å². The van der Waals surface area contributed by atoms with E-state index >= 15 is 0 Å². The number of hydrogen-bond acceptors (Lipinski definition) is 3. The highest BCUT2D eigenvalue weighted by Gasteiger charge is 2.73. The molecule has 1 aliphatic heterocycles. The molecule has 2 fully saturated rings. The first-order valence-electron chi connectivity index (χ1n) is 9.80. The van der Waals surface area contributed by atoms with Gasteiger partial charge in [0.05, 0.1) is 17.1 Å². The van der Waals surface area contributed by atoms with E-state index in [-0.39, 0.29) is 31.6 Å². The summed E-state index contributed by atoms with van der Waals surface area (Å²) in [7, 11) is 0. The molecule has 2 N–H and O–H groups in total. The van der Waals surface area contributed by atoms with E-state index < -0.39 is 40.8 Å². The molecule has 3 heterocycles. The largest absolute Gasteiger partial charge is 0.349 e. The third-order valence-electron chi connectivity index (χ3n) is 6.09. The summed E-state index contributed by atoms with van der Waals surface area (Å²) in [6.07, 6.45) is 1.57. The molecule has 2 aromatic heterocycles. The molecule has 1 saturated carbocycles. The number of carbonyl (C=O) groups excluding carboxylic acids is 2. The van der Waals surface area contributed by atoms with Gasteiger partial charge < -0.3 is 15.2 Å². The quantitative estimate of drug-likeness (QED) is 0.719. The zero-order valence-electron chi connectivity index (χ0n) is 16.6. The van der Waals surface area contributed by atoms with Gasteiger partial charge in [0.25, 0.3) is 17.8 Å². The standard InChI is InChI=1S/C20H22F4N4O2/c1-3-12(17(30)28-5-4-19(10-28)9-20(19,23)24)27-16(29)13-6-11-7-15(18(2,21)22)25-8-14(11)26-13/h6-8,12,26H,3-5,9-10H2,1-2H3,(H,27,29)/t12-,19?/m1/s1. The van der Waals surface area contributed by atoms with Crippen molar-refractivity contribution in [1.29, 1.82) is 0 Å². The topological polar surface area (TPSA) is 78.1 Å². The summed E-state index contributed by atoms with van der Waals surface area (Å²) >= 11 is 0. The molecular formula is C20H22F4N4O2. The Bertz CT molecular complexity index is 1020. The Morgan fingerprint density at radius 2 is 2.07 bits per heavy atom. The minimum Gasteiger partial charge on any atom is -0.349 e. The number of amides is 2. The fraction of sp³-hybridized carbons (Fsp3) is 0.550. The van der Waals surface area contributed by atoms with Crippen LogP contribution >= 0.6 is 0 Å². The maximum absolute atomic E-state index is 13.6. The second-order valence-corrected chi connectivity index (χ2v) is 8.33. The first-order chi connectivity index (χ1) is 14.0. The molecule has 4 rings (SSSR count). The fourth-order valence-corrected chi connectivity index (χ4v) is 4.07. The molecule has 1 saturated heterocycles. The van der Waals surface area contributed by atoms with Gasteiger partial charge >= 0.3 is 0 Å². The van der Waals surface area contributed by atoms with Crippen molar-refractivity contribution in [2.24, 2.45) is 5.41 Å². The van der Waals surface area contributed by atoms with Crippen molar-refractivity contribution in [3.8, 4) is 0 Å². The number of hydrogen-bond donors (Lipinski definition) is 2. The molecule has 0 radical (unpaired) electrons. The van der Waals surface area contributed by atoms with E-state index in [4.69, 9.17) is 0 Å². The summed E-state index contributed by atoms with van der Waals surface area (Å²) in [6.45, 7) is 2.69. The Hall–Kier alpha value is -2.65. The molecule has 2 aliphatic rings. The molecule has 30 heavy (non-hydrogen) atoms. The minimum absolute atomic E-state index is 0.00271. The van der Waals surface area contributed by atoms with Crippen molar-refractivity contribution in [2.45, 2.75) is 51.0 Å². The maximum Gasteiger partial charge on any atom is 0.286 e. The first kappa shape index (κ1) is 20.6. The average molecular weight is 426 g/mol. The second-order valence-electron chi connectivity index (χ2n) is 8.33. The summed E-state index contributed by atoms with van der Waals surface area (Å²) in [6, 6.07) is 1.75. The molecule has 2 amide bonds. The smallest absolute Gasteiger partial charge is 0.286 e. The van der Waals surface area contributed by atoms with Gasteiger partial charge in [-0.1, -0.05) is 6.92 Å². The third-order valence-corrected chi connectivity index (χ3v) is 6.09. The van der Waals surface area contributed by atoms with Gasteiger partial charge in [0, 0.05) is 31.8 Å². The fourth-order valence-electron chi connectivity index (χ4n) is 4.07. The van der Waals surface area contributed by atoms with Crippen LogP contribution in [0, 0.1) is 5.41 Å². The number of aromatic nitrogens is 2. The van der Waals surface area contributed by atoms with Gasteiger partial charge in [0.1, 0.15) is 17.4 Å². The lowest BCUT2D eigenvalue weighted by atomic mass is 10.1. The van der Waals surface area contributed by atoms with E-state index in [1.807, 2.05) is 0 Å². The minimum atomic E-state index is -3.11. The van der Waals surface area contributed by atoms with Gasteiger partial charge in [0.15, 0.2) is 0 Å². The van der Waals surface area contributed by atoms with Crippen LogP contribution in [0.3, 0.4) is 0 Å². The highest BCUT2D eigenvalue weighted by atomic mass is 19.3. The van der Waals surface area contributed by atoms with Crippen LogP contribution in [0.15, 0.2) is 18.3 Å². The van der Waals surface area contributed by atoms with E-state index in [2.05, 4.69) is 15.3 Å². The Kier molecular flexibility index (Phi) is 4.59. The molecule has 162 valence electrons. The van der Waals surface area contributed by atoms with Gasteiger partial charge in [-0.15, -0.1) is 0 Å². The van der Waals surface area contributed by atoms with E-state index in [0.717, 1.165) is 6.92 Å². The predicted molar refractivity (Wildman–Crippen MR) is 100 cm³/mol. The van der Waals surface area contributed by atoms with Gasteiger partial charge in [0.2, 0.25) is 5.91 Å². The van der Waals surface area contributed by atoms with E-state index in [9.17, 15) is 27.2 Å². The lowest BCUT2D eigenvalue weighted by molar-refractivity contribution is -0.132. The van der Waals surface area contributed by atoms with Crippen molar-refractivity contribution in [3.05, 3.63) is 29.7 Å². The summed E-state index contributed by atoms with van der Waals surface area (Å²) in [4.78, 5) is 33.3. The average Bonchev–Trinajstić information content (AvgIpc) is 3.04. The van der Waals surface area contributed by atoms with Crippen molar-refractivity contribution < 1.29 is 27.2 Å². The van der Waals surface area contributed by atoms with E-state index in [0.29, 0.717) is 17.3 Å². The van der Waals surface area contributed by atoms with Crippen LogP contribution < -0.4 is 5.32 Å². The summed E-state index contributed by atoms with van der Waals surface area (Å²) < 4.78 is 54.1. The van der Waals surface area contributed by atoms with Crippen LogP contribution in [0.4, 0.5) is 17.6 Å². The highest BCUT2D eigenvalue weighted by Crippen LogP contribution is 2.65. The zero-order valence-corrected chi connectivity index (χ0v) is 16.6. The number of alkyl halides is 4. The Morgan fingerprint density at radius 3 is 2.63 bits per heavy atom. The lowest BCUT2D eigenvalue weighted by Crippen LogP contribution is -2.47. The summed E-state index contributed by atoms with van der Waals surface area (Å²) in [5, 5.41) is 3.01. The number of nitrogens with one attached hydrogen (secondary N) is 2. The number of nitrogens with zero attached hydrogens (tertiary/aromatic N) is 2. The number of pyridine rings is 1. The Labute approximate surface area is 170 Å². The number of halogens is 4. The molecule has 0 aromatic carbocycles. The zero-order chi connectivity index (χ0) is 21.9. The number of likely N-dealkylation sites (tertiary alicyclic amines) is 1. The van der Waals surface area contributed by atoms with Crippen LogP contribution in [-0.2, 0) is 10.7 Å². The molecule has 0 bridgehead atoms. The highest BCUT2D eigenvalue weighted by molar-refractivity contribution is 6.00. The van der Waals surface area contributed by atoms with Crippen molar-refractivity contribution >= 4 is 22.7 Å². The molecule has 1 aliphatic carbocycles. The van der Waals surface area contributed by atoms with Crippen molar-refractivity contribution in [1.82, 2.24) is 20.2 Å². The van der Waals surface area contributed by atoms with Gasteiger partial charge in [-0.05, 0) is 25.0 Å². The van der Waals surface area contributed by atoms with Gasteiger partial charge in [-0.2, -0.15) is 8.78 Å². The lowest BCUT2D eigenvalue weighted by Gasteiger charge is -2.23. The monoisotopic (exact) mass is 426 g/mol. The van der Waals surface area contributed by atoms with Crippen LogP contribution in [0.5, 0.6) is 0 Å². The first-order valence-corrected chi connectivity index (χ1v) is 9.80. The number of aromatic amines is 1. The predicted octanol–water partition coefficient (Wildman–Crippen LogP) is 3.44. The molecule has 6 nitrogen and oxygen atoms in total. The Morgan fingerprint density at radius 1 is 1.37 bits per heavy atom. The number of carbonyl (C=O) groups is 2. The second kappa shape index (κ2) is 6.68. The van der Waals surface area contributed by atoms with Crippen LogP contribution in [0.1, 0.15) is 49.3 Å². The number of fused-ring (bicyclic) bond motifs is 1. The maximum atomic E-state index is 13.6. The normalized spacial score (nSPS) is 23.7. The molecule has 2 aromatic rings. The molecule has 1 spiro atoms. The number of H-pyrrole nitrogens is 1. The van der Waals surface area contributed by atoms with E-state index in [1.54, 1.807) is 6.92 Å². The summed E-state index contributed by atoms with van der Waals surface area (Å²) in [5.41, 5.74) is -1.01. The molecule has 2 atom stereocenters.